The lowest BCUT2D eigenvalue weighted by Gasteiger charge is -2.21. The van der Waals surface area contributed by atoms with Crippen molar-refractivity contribution in [3.8, 4) is 0 Å². The van der Waals surface area contributed by atoms with Crippen molar-refractivity contribution >= 4 is 27.3 Å². The highest BCUT2D eigenvalue weighted by Crippen LogP contribution is 2.23. The van der Waals surface area contributed by atoms with E-state index < -0.39 is 0 Å². The molecule has 1 aromatic rings. The zero-order chi connectivity index (χ0) is 9.84. The Labute approximate surface area is 91.3 Å². The zero-order valence-electron chi connectivity index (χ0n) is 7.83. The van der Waals surface area contributed by atoms with Crippen LogP contribution in [0.4, 0.5) is 0 Å². The number of likely N-dealkylation sites (N-methyl/N-ethyl adjacent to an activating group) is 1. The van der Waals surface area contributed by atoms with Crippen molar-refractivity contribution in [2.45, 2.75) is 19.5 Å². The average molecular weight is 264 g/mol. The molecule has 4 heteroatoms. The lowest BCUT2D eigenvalue weighted by Crippen LogP contribution is -2.31. The second kappa shape index (κ2) is 5.10. The van der Waals surface area contributed by atoms with Crippen LogP contribution in [-0.2, 0) is 6.54 Å². The Morgan fingerprint density at radius 3 is 2.77 bits per heavy atom. The molecular weight excluding hydrogens is 250 g/mol. The number of aliphatic hydroxyl groups excluding tert-OH is 1. The summed E-state index contributed by atoms with van der Waals surface area (Å²) >= 11 is 5.16. The molecule has 0 saturated carbocycles. The maximum absolute atomic E-state index is 8.94. The van der Waals surface area contributed by atoms with Crippen LogP contribution in [0, 0.1) is 0 Å². The molecule has 0 radical (unpaired) electrons. The van der Waals surface area contributed by atoms with Crippen molar-refractivity contribution < 1.29 is 5.11 Å². The van der Waals surface area contributed by atoms with Gasteiger partial charge in [-0.3, -0.25) is 4.90 Å². The molecule has 0 saturated heterocycles. The van der Waals surface area contributed by atoms with Gasteiger partial charge in [0.15, 0.2) is 0 Å². The van der Waals surface area contributed by atoms with Crippen LogP contribution in [0.5, 0.6) is 0 Å². The second-order valence-corrected chi connectivity index (χ2v) is 5.70. The number of rotatable bonds is 4. The third-order valence-electron chi connectivity index (χ3n) is 2.05. The minimum atomic E-state index is 0.211. The van der Waals surface area contributed by atoms with Crippen molar-refractivity contribution in [3.63, 3.8) is 0 Å². The highest BCUT2D eigenvalue weighted by molar-refractivity contribution is 9.11. The van der Waals surface area contributed by atoms with Crippen LogP contribution in [0.1, 0.15) is 11.8 Å². The summed E-state index contributed by atoms with van der Waals surface area (Å²) in [6, 6.07) is 4.38. The molecule has 1 aromatic heterocycles. The van der Waals surface area contributed by atoms with Crippen LogP contribution in [0.15, 0.2) is 15.9 Å². The van der Waals surface area contributed by atoms with E-state index in [4.69, 9.17) is 5.11 Å². The van der Waals surface area contributed by atoms with Crippen molar-refractivity contribution in [2.75, 3.05) is 13.7 Å². The molecule has 2 nitrogen and oxygen atoms in total. The third-order valence-corrected chi connectivity index (χ3v) is 3.66. The molecule has 1 unspecified atom stereocenters. The molecule has 13 heavy (non-hydrogen) atoms. The SMILES string of the molecule is CC(CO)N(C)Cc1ccc(Br)s1. The first-order valence-electron chi connectivity index (χ1n) is 4.18. The fourth-order valence-electron chi connectivity index (χ4n) is 0.978. The summed E-state index contributed by atoms with van der Waals surface area (Å²) in [6.07, 6.45) is 0. The Bertz CT molecular complexity index is 264. The standard InChI is InChI=1S/C9H14BrNOS/c1-7(6-12)11(2)5-8-3-4-9(10)13-8/h3-4,7,12H,5-6H2,1-2H3. The van der Waals surface area contributed by atoms with Crippen molar-refractivity contribution in [3.05, 3.63) is 20.8 Å². The lowest BCUT2D eigenvalue weighted by molar-refractivity contribution is 0.155. The summed E-state index contributed by atoms with van der Waals surface area (Å²) in [5, 5.41) is 8.94. The van der Waals surface area contributed by atoms with Crippen LogP contribution in [0.3, 0.4) is 0 Å². The first-order valence-corrected chi connectivity index (χ1v) is 5.79. The van der Waals surface area contributed by atoms with E-state index >= 15 is 0 Å². The summed E-state index contributed by atoms with van der Waals surface area (Å²) in [5.41, 5.74) is 0. The van der Waals surface area contributed by atoms with Gasteiger partial charge in [0, 0.05) is 17.5 Å². The molecule has 0 aliphatic carbocycles. The molecule has 0 fully saturated rings. The Morgan fingerprint density at radius 1 is 1.62 bits per heavy atom. The van der Waals surface area contributed by atoms with E-state index in [-0.39, 0.29) is 12.6 Å². The number of hydrogen-bond donors (Lipinski definition) is 1. The highest BCUT2D eigenvalue weighted by atomic mass is 79.9. The van der Waals surface area contributed by atoms with Gasteiger partial charge in [-0.05, 0) is 42.0 Å². The fraction of sp³-hybridized carbons (Fsp3) is 0.556. The van der Waals surface area contributed by atoms with E-state index in [1.807, 2.05) is 14.0 Å². The summed E-state index contributed by atoms with van der Waals surface area (Å²) in [5.74, 6) is 0. The molecule has 0 aliphatic heterocycles. The third kappa shape index (κ3) is 3.38. The smallest absolute Gasteiger partial charge is 0.0701 e. The Balaban J connectivity index is 2.49. The molecule has 0 aromatic carbocycles. The van der Waals surface area contributed by atoms with Gasteiger partial charge in [-0.2, -0.15) is 0 Å². The Morgan fingerprint density at radius 2 is 2.31 bits per heavy atom. The lowest BCUT2D eigenvalue weighted by atomic mass is 10.3. The first-order chi connectivity index (χ1) is 6.13. The number of aliphatic hydroxyl groups is 1. The minimum absolute atomic E-state index is 0.211. The van der Waals surface area contributed by atoms with E-state index in [1.165, 1.54) is 4.88 Å². The van der Waals surface area contributed by atoms with Crippen LogP contribution in [0.2, 0.25) is 0 Å². The number of hydrogen-bond acceptors (Lipinski definition) is 3. The van der Waals surface area contributed by atoms with Crippen molar-refractivity contribution in [1.29, 1.82) is 0 Å². The van der Waals surface area contributed by atoms with Crippen LogP contribution >= 0.6 is 27.3 Å². The van der Waals surface area contributed by atoms with Crippen molar-refractivity contribution in [2.24, 2.45) is 0 Å². The maximum Gasteiger partial charge on any atom is 0.0701 e. The number of nitrogens with zero attached hydrogens (tertiary/aromatic N) is 1. The van der Waals surface area contributed by atoms with E-state index in [0.29, 0.717) is 0 Å². The average Bonchev–Trinajstić information content (AvgIpc) is 2.49. The van der Waals surface area contributed by atoms with Gasteiger partial charge in [-0.25, -0.2) is 0 Å². The number of thiophene rings is 1. The second-order valence-electron chi connectivity index (χ2n) is 3.15. The van der Waals surface area contributed by atoms with Gasteiger partial charge in [0.1, 0.15) is 0 Å². The molecule has 0 spiro atoms. The summed E-state index contributed by atoms with van der Waals surface area (Å²) in [7, 11) is 2.02. The minimum Gasteiger partial charge on any atom is -0.395 e. The van der Waals surface area contributed by atoms with E-state index in [1.54, 1.807) is 11.3 Å². The number of halogens is 1. The van der Waals surface area contributed by atoms with Gasteiger partial charge >= 0.3 is 0 Å². The molecule has 0 bridgehead atoms. The van der Waals surface area contributed by atoms with E-state index in [0.717, 1.165) is 10.3 Å². The molecule has 0 amide bonds. The predicted molar refractivity (Wildman–Crippen MR) is 60.0 cm³/mol. The van der Waals surface area contributed by atoms with E-state index in [2.05, 4.69) is 33.0 Å². The largest absolute Gasteiger partial charge is 0.395 e. The molecule has 1 rings (SSSR count). The summed E-state index contributed by atoms with van der Waals surface area (Å²) in [6.45, 7) is 3.13. The van der Waals surface area contributed by atoms with Gasteiger partial charge in [-0.15, -0.1) is 11.3 Å². The molecule has 0 aliphatic rings. The van der Waals surface area contributed by atoms with Gasteiger partial charge < -0.3 is 5.11 Å². The van der Waals surface area contributed by atoms with Gasteiger partial charge in [0.25, 0.3) is 0 Å². The predicted octanol–water partition coefficient (Wildman–Crippen LogP) is 2.32. The Kier molecular flexibility index (Phi) is 4.38. The summed E-state index contributed by atoms with van der Waals surface area (Å²) < 4.78 is 1.16. The van der Waals surface area contributed by atoms with Crippen LogP contribution < -0.4 is 0 Å². The first kappa shape index (κ1) is 11.2. The summed E-state index contributed by atoms with van der Waals surface area (Å²) in [4.78, 5) is 3.45. The Hall–Kier alpha value is 0.1000. The molecule has 1 atom stereocenters. The highest BCUT2D eigenvalue weighted by Gasteiger charge is 2.08. The van der Waals surface area contributed by atoms with Gasteiger partial charge in [0.05, 0.1) is 10.4 Å². The molecular formula is C9H14BrNOS. The van der Waals surface area contributed by atoms with E-state index in [9.17, 15) is 0 Å². The monoisotopic (exact) mass is 263 g/mol. The van der Waals surface area contributed by atoms with Crippen LogP contribution in [0.25, 0.3) is 0 Å². The van der Waals surface area contributed by atoms with Gasteiger partial charge in [-0.1, -0.05) is 0 Å². The normalized spacial score (nSPS) is 13.6. The van der Waals surface area contributed by atoms with Crippen LogP contribution in [-0.4, -0.2) is 29.7 Å². The fourth-order valence-corrected chi connectivity index (χ4v) is 2.52. The topological polar surface area (TPSA) is 23.5 Å². The van der Waals surface area contributed by atoms with Gasteiger partial charge in [0.2, 0.25) is 0 Å². The molecule has 1 N–H and O–H groups in total. The van der Waals surface area contributed by atoms with Crippen molar-refractivity contribution in [1.82, 2.24) is 4.90 Å². The molecule has 74 valence electrons. The maximum atomic E-state index is 8.94. The zero-order valence-corrected chi connectivity index (χ0v) is 10.2. The molecule has 1 heterocycles. The quantitative estimate of drug-likeness (QED) is 0.902.